The maximum Gasteiger partial charge on any atom is 0.410 e. The largest absolute Gasteiger partial charge is 0.444 e. The number of hydrogen-bond donors (Lipinski definition) is 1. The van der Waals surface area contributed by atoms with Crippen LogP contribution < -0.4 is 5.32 Å². The molecule has 0 saturated carbocycles. The van der Waals surface area contributed by atoms with Crippen LogP contribution in [-0.2, 0) is 16.0 Å². The lowest BCUT2D eigenvalue weighted by atomic mass is 10.1. The number of benzene rings is 2. The van der Waals surface area contributed by atoms with Gasteiger partial charge in [-0.3, -0.25) is 9.69 Å². The normalized spacial score (nSPS) is 14.7. The molecule has 0 radical (unpaired) electrons. The highest BCUT2D eigenvalue weighted by Crippen LogP contribution is 2.22. The van der Waals surface area contributed by atoms with E-state index in [2.05, 4.69) is 39.6 Å². The zero-order valence-corrected chi connectivity index (χ0v) is 32.3. The fraction of sp³-hybridized carbons (Fsp3) is 0.488. The number of piperazine rings is 2. The number of aryl methyl sites for hydroxylation is 2. The molecule has 0 aliphatic carbocycles. The van der Waals surface area contributed by atoms with Crippen molar-refractivity contribution in [2.45, 2.75) is 80.6 Å². The summed E-state index contributed by atoms with van der Waals surface area (Å²) in [6, 6.07) is 19.7. The molecule has 2 amide bonds. The Labute approximate surface area is 319 Å². The second-order valence-corrected chi connectivity index (χ2v) is 15.1. The summed E-state index contributed by atoms with van der Waals surface area (Å²) in [5, 5.41) is 11.0. The van der Waals surface area contributed by atoms with Crippen molar-refractivity contribution >= 4 is 18.5 Å². The minimum atomic E-state index is -0.457. The summed E-state index contributed by atoms with van der Waals surface area (Å²) in [5.41, 5.74) is 4.75. The summed E-state index contributed by atoms with van der Waals surface area (Å²) >= 11 is 0. The first kappa shape index (κ1) is 43.4. The lowest BCUT2D eigenvalue weighted by Crippen LogP contribution is -2.49. The van der Waals surface area contributed by atoms with Crippen molar-refractivity contribution in [3.8, 4) is 22.6 Å². The Hall–Kier alpha value is -5.01. The Bertz CT molecular complexity index is 1740. The van der Waals surface area contributed by atoms with Crippen molar-refractivity contribution in [1.29, 1.82) is 0 Å². The molecule has 2 aliphatic rings. The van der Waals surface area contributed by atoms with Gasteiger partial charge in [0.15, 0.2) is 17.8 Å². The van der Waals surface area contributed by atoms with Crippen LogP contribution in [0.25, 0.3) is 22.6 Å². The highest BCUT2D eigenvalue weighted by molar-refractivity contribution is 5.74. The molecule has 0 atom stereocenters. The van der Waals surface area contributed by atoms with Crippen molar-refractivity contribution in [1.82, 2.24) is 30.3 Å². The second-order valence-electron chi connectivity index (χ2n) is 15.1. The van der Waals surface area contributed by atoms with E-state index in [-0.39, 0.29) is 25.2 Å². The topological polar surface area (TPSA) is 143 Å². The van der Waals surface area contributed by atoms with Crippen LogP contribution in [0.3, 0.4) is 0 Å². The summed E-state index contributed by atoms with van der Waals surface area (Å²) in [6.45, 7) is 22.2. The average Bonchev–Trinajstić information content (AvgIpc) is 3.79. The number of aldehydes is 1. The SMILES string of the molecule is C.CC(C)(C)OC(=O)N1CCNCC1.Cc1ccc(-c2cc(C=O)no2)cc1.Cc1ccc(-c2cc(CN3CCN(C(=O)OC(C)(C)C)CC3)no2)cc1. The third-order valence-corrected chi connectivity index (χ3v) is 8.06. The zero-order chi connectivity index (χ0) is 38.6. The van der Waals surface area contributed by atoms with Crippen LogP contribution in [0.15, 0.2) is 69.7 Å². The molecule has 13 heteroatoms. The number of carbonyl (C=O) groups excluding carboxylic acids is 3. The minimum absolute atomic E-state index is 0. The first-order valence-corrected chi connectivity index (χ1v) is 18.0. The van der Waals surface area contributed by atoms with Crippen LogP contribution in [0.5, 0.6) is 0 Å². The fourth-order valence-corrected chi connectivity index (χ4v) is 5.26. The molecule has 0 unspecified atom stereocenters. The van der Waals surface area contributed by atoms with Gasteiger partial charge in [0.1, 0.15) is 16.9 Å². The summed E-state index contributed by atoms with van der Waals surface area (Å²) in [6.07, 6.45) is 0.232. The van der Waals surface area contributed by atoms with Crippen molar-refractivity contribution < 1.29 is 32.9 Å². The third-order valence-electron chi connectivity index (χ3n) is 8.06. The number of hydrogen-bond acceptors (Lipinski definition) is 11. The van der Waals surface area contributed by atoms with Gasteiger partial charge in [-0.15, -0.1) is 0 Å². The fourth-order valence-electron chi connectivity index (χ4n) is 5.26. The summed E-state index contributed by atoms with van der Waals surface area (Å²) < 4.78 is 21.2. The first-order valence-electron chi connectivity index (χ1n) is 18.0. The Kier molecular flexibility index (Phi) is 16.0. The molecule has 2 fully saturated rings. The molecular weight excluding hydrogens is 688 g/mol. The number of rotatable bonds is 5. The molecule has 2 aromatic heterocycles. The van der Waals surface area contributed by atoms with Gasteiger partial charge in [-0.1, -0.05) is 77.4 Å². The molecular formula is C41H58N6O7. The maximum absolute atomic E-state index is 12.1. The maximum atomic E-state index is 12.1. The van der Waals surface area contributed by atoms with Gasteiger partial charge in [0.2, 0.25) is 0 Å². The highest BCUT2D eigenvalue weighted by atomic mass is 16.6. The quantitative estimate of drug-likeness (QED) is 0.201. The van der Waals surface area contributed by atoms with E-state index < -0.39 is 5.60 Å². The van der Waals surface area contributed by atoms with Crippen LogP contribution in [0.2, 0.25) is 0 Å². The average molecular weight is 747 g/mol. The van der Waals surface area contributed by atoms with Crippen LogP contribution >= 0.6 is 0 Å². The van der Waals surface area contributed by atoms with E-state index in [1.807, 2.05) is 90.9 Å². The van der Waals surface area contributed by atoms with Crippen molar-refractivity contribution in [2.75, 3.05) is 52.4 Å². The molecule has 4 heterocycles. The monoisotopic (exact) mass is 746 g/mol. The van der Waals surface area contributed by atoms with Gasteiger partial charge in [-0.25, -0.2) is 9.59 Å². The standard InChI is InChI=1S/C20H27N3O3.C11H9NO2.C9H18N2O2.CH4/c1-15-5-7-16(8-6-15)18-13-17(21-26-18)14-22-9-11-23(12-10-22)19(24)25-20(2,3)4;1-8-2-4-9(5-3-8)11-6-10(7-13)12-14-11;1-9(2,3)13-8(12)11-6-4-10-5-7-11;/h5-8,13H,9-12,14H2,1-4H3;2-7H,1H3;10H,4-7H2,1-3H3;1H4. The molecule has 294 valence electrons. The van der Waals surface area contributed by atoms with E-state index in [9.17, 15) is 14.4 Å². The molecule has 54 heavy (non-hydrogen) atoms. The number of nitrogens with zero attached hydrogens (tertiary/aromatic N) is 5. The lowest BCUT2D eigenvalue weighted by molar-refractivity contribution is 0.0136. The number of carbonyl (C=O) groups is 3. The predicted octanol–water partition coefficient (Wildman–Crippen LogP) is 7.63. The Morgan fingerprint density at radius 2 is 1.15 bits per heavy atom. The van der Waals surface area contributed by atoms with E-state index in [4.69, 9.17) is 18.5 Å². The summed E-state index contributed by atoms with van der Waals surface area (Å²) in [4.78, 5) is 39.8. The van der Waals surface area contributed by atoms with Gasteiger partial charge in [-0.05, 0) is 55.4 Å². The van der Waals surface area contributed by atoms with Crippen molar-refractivity contribution in [2.24, 2.45) is 0 Å². The van der Waals surface area contributed by atoms with Gasteiger partial charge in [0, 0.05) is 82.2 Å². The van der Waals surface area contributed by atoms with E-state index >= 15 is 0 Å². The smallest absolute Gasteiger partial charge is 0.410 e. The van der Waals surface area contributed by atoms with Crippen LogP contribution in [-0.4, -0.2) is 107 Å². The summed E-state index contributed by atoms with van der Waals surface area (Å²) in [5.74, 6) is 1.40. The third kappa shape index (κ3) is 14.4. The minimum Gasteiger partial charge on any atom is -0.444 e. The Morgan fingerprint density at radius 1 is 0.704 bits per heavy atom. The van der Waals surface area contributed by atoms with Crippen molar-refractivity contribution in [3.63, 3.8) is 0 Å². The van der Waals surface area contributed by atoms with E-state index in [1.165, 1.54) is 11.1 Å². The first-order chi connectivity index (χ1) is 25.1. The number of aromatic nitrogens is 2. The number of ether oxygens (including phenoxy) is 2. The van der Waals surface area contributed by atoms with Crippen molar-refractivity contribution in [3.05, 3.63) is 83.2 Å². The second kappa shape index (κ2) is 19.9. The van der Waals surface area contributed by atoms with Crippen LogP contribution in [0, 0.1) is 13.8 Å². The predicted molar refractivity (Wildman–Crippen MR) is 209 cm³/mol. The van der Waals surface area contributed by atoms with E-state index in [0.717, 1.165) is 68.4 Å². The van der Waals surface area contributed by atoms with Crippen LogP contribution in [0.4, 0.5) is 9.59 Å². The molecule has 6 rings (SSSR count). The molecule has 2 saturated heterocycles. The Balaban J connectivity index is 0.000000237. The van der Waals surface area contributed by atoms with Gasteiger partial charge in [0.05, 0.1) is 5.69 Å². The lowest BCUT2D eigenvalue weighted by Gasteiger charge is -2.35. The molecule has 2 aromatic carbocycles. The number of amides is 2. The molecule has 1 N–H and O–H groups in total. The van der Waals surface area contributed by atoms with Gasteiger partial charge in [0.25, 0.3) is 0 Å². The molecule has 0 bridgehead atoms. The molecule has 0 spiro atoms. The molecule has 13 nitrogen and oxygen atoms in total. The number of nitrogens with one attached hydrogen (secondary N) is 1. The van der Waals surface area contributed by atoms with Gasteiger partial charge < -0.3 is 33.6 Å². The summed E-state index contributed by atoms with van der Waals surface area (Å²) in [7, 11) is 0. The van der Waals surface area contributed by atoms with E-state index in [1.54, 1.807) is 15.9 Å². The highest BCUT2D eigenvalue weighted by Gasteiger charge is 2.26. The zero-order valence-electron chi connectivity index (χ0n) is 32.3. The van der Waals surface area contributed by atoms with Crippen LogP contribution in [0.1, 0.15) is 76.3 Å². The molecule has 2 aliphatic heterocycles. The van der Waals surface area contributed by atoms with Gasteiger partial charge >= 0.3 is 12.2 Å². The Morgan fingerprint density at radius 3 is 1.59 bits per heavy atom. The van der Waals surface area contributed by atoms with E-state index in [0.29, 0.717) is 30.8 Å². The van der Waals surface area contributed by atoms with Gasteiger partial charge in [-0.2, -0.15) is 0 Å². The molecule has 4 aromatic rings.